The van der Waals surface area contributed by atoms with Gasteiger partial charge in [0.25, 0.3) is 0 Å². The molecule has 2 atom stereocenters. The molecule has 7 heteroatoms. The molecule has 3 amide bonds. The minimum absolute atomic E-state index is 0.183. The van der Waals surface area contributed by atoms with Crippen molar-refractivity contribution in [1.82, 2.24) is 10.6 Å². The van der Waals surface area contributed by atoms with E-state index < -0.39 is 12.1 Å². The Hall–Kier alpha value is -3.09. The van der Waals surface area contributed by atoms with Crippen LogP contribution in [-0.4, -0.2) is 31.6 Å². The number of carbonyl (C=O) groups excluding carboxylic acids is 2. The van der Waals surface area contributed by atoms with Crippen molar-refractivity contribution in [2.24, 2.45) is 0 Å². The van der Waals surface area contributed by atoms with Crippen LogP contribution >= 0.6 is 0 Å². The van der Waals surface area contributed by atoms with E-state index in [0.29, 0.717) is 12.2 Å². The maximum Gasteiger partial charge on any atom is 0.319 e. The van der Waals surface area contributed by atoms with Crippen molar-refractivity contribution in [3.05, 3.63) is 59.9 Å². The Morgan fingerprint density at radius 1 is 1.16 bits per heavy atom. The Balaban J connectivity index is 1.68. The van der Waals surface area contributed by atoms with Gasteiger partial charge in [-0.2, -0.15) is 0 Å². The van der Waals surface area contributed by atoms with Gasteiger partial charge in [0.2, 0.25) is 5.91 Å². The molecule has 3 N–H and O–H groups in total. The van der Waals surface area contributed by atoms with Crippen LogP contribution in [0.2, 0.25) is 0 Å². The minimum atomic E-state index is -0.686. The molecule has 2 aromatic carbocycles. The number of carbonyl (C=O) groups is 2. The molecule has 130 valence electrons. The molecule has 1 aliphatic heterocycles. The second-order valence-corrected chi connectivity index (χ2v) is 5.71. The van der Waals surface area contributed by atoms with E-state index in [1.165, 1.54) is 24.3 Å². The van der Waals surface area contributed by atoms with Crippen LogP contribution in [0.1, 0.15) is 11.5 Å². The first-order valence-electron chi connectivity index (χ1n) is 7.81. The standard InChI is InChI=1S/C18H18FN3O3/c1-25-14-8-2-11(3-9-14)15-10-20-17(23)16(15)22-18(24)21-13-6-4-12(19)5-7-13/h2-9,15-16H,10H2,1H3,(H,20,23)(H2,21,22,24)/t15-,16-/m0/s1. The van der Waals surface area contributed by atoms with Gasteiger partial charge in [-0.1, -0.05) is 12.1 Å². The highest BCUT2D eigenvalue weighted by Gasteiger charge is 2.36. The number of rotatable bonds is 4. The molecule has 0 saturated carbocycles. The number of amides is 3. The number of hydrogen-bond acceptors (Lipinski definition) is 3. The third-order valence-corrected chi connectivity index (χ3v) is 4.11. The van der Waals surface area contributed by atoms with Crippen LogP contribution in [0.25, 0.3) is 0 Å². The van der Waals surface area contributed by atoms with Gasteiger partial charge in [-0.15, -0.1) is 0 Å². The molecule has 0 aromatic heterocycles. The molecular weight excluding hydrogens is 325 g/mol. The summed E-state index contributed by atoms with van der Waals surface area (Å²) in [6.45, 7) is 0.437. The van der Waals surface area contributed by atoms with Gasteiger partial charge >= 0.3 is 6.03 Å². The van der Waals surface area contributed by atoms with E-state index in [1.807, 2.05) is 24.3 Å². The number of anilines is 1. The Morgan fingerprint density at radius 3 is 2.48 bits per heavy atom. The van der Waals surface area contributed by atoms with Gasteiger partial charge in [0.1, 0.15) is 17.6 Å². The smallest absolute Gasteiger partial charge is 0.319 e. The van der Waals surface area contributed by atoms with E-state index in [2.05, 4.69) is 16.0 Å². The zero-order valence-electron chi connectivity index (χ0n) is 13.6. The van der Waals surface area contributed by atoms with Gasteiger partial charge in [0.15, 0.2) is 0 Å². The summed E-state index contributed by atoms with van der Waals surface area (Å²) in [5.74, 6) is -0.0901. The number of nitrogens with one attached hydrogen (secondary N) is 3. The van der Waals surface area contributed by atoms with Crippen LogP contribution in [-0.2, 0) is 4.79 Å². The molecule has 1 fully saturated rings. The van der Waals surface area contributed by atoms with Crippen molar-refractivity contribution in [3.63, 3.8) is 0 Å². The minimum Gasteiger partial charge on any atom is -0.497 e. The van der Waals surface area contributed by atoms with Gasteiger partial charge in [-0.05, 0) is 42.0 Å². The van der Waals surface area contributed by atoms with Crippen molar-refractivity contribution in [1.29, 1.82) is 0 Å². The summed E-state index contributed by atoms with van der Waals surface area (Å²) in [7, 11) is 1.58. The lowest BCUT2D eigenvalue weighted by Crippen LogP contribution is -2.44. The fraction of sp³-hybridized carbons (Fsp3) is 0.222. The van der Waals surface area contributed by atoms with Crippen LogP contribution in [0.15, 0.2) is 48.5 Å². The quantitative estimate of drug-likeness (QED) is 0.796. The summed E-state index contributed by atoms with van der Waals surface area (Å²) in [5, 5.41) is 8.03. The summed E-state index contributed by atoms with van der Waals surface area (Å²) in [4.78, 5) is 24.2. The van der Waals surface area contributed by atoms with E-state index >= 15 is 0 Å². The van der Waals surface area contributed by atoms with Gasteiger partial charge < -0.3 is 20.7 Å². The van der Waals surface area contributed by atoms with E-state index in [9.17, 15) is 14.0 Å². The topological polar surface area (TPSA) is 79.5 Å². The first-order chi connectivity index (χ1) is 12.1. The Bertz CT molecular complexity index is 762. The Kier molecular flexibility index (Phi) is 4.83. The summed E-state index contributed by atoms with van der Waals surface area (Å²) >= 11 is 0. The first-order valence-corrected chi connectivity index (χ1v) is 7.81. The predicted molar refractivity (Wildman–Crippen MR) is 91.1 cm³/mol. The van der Waals surface area contributed by atoms with Crippen molar-refractivity contribution in [3.8, 4) is 5.75 Å². The van der Waals surface area contributed by atoms with Crippen LogP contribution in [0.4, 0.5) is 14.9 Å². The van der Waals surface area contributed by atoms with Crippen molar-refractivity contribution < 1.29 is 18.7 Å². The fourth-order valence-corrected chi connectivity index (χ4v) is 2.79. The molecule has 0 bridgehead atoms. The summed E-state index contributed by atoms with van der Waals surface area (Å²) in [6.07, 6.45) is 0. The fourth-order valence-electron chi connectivity index (χ4n) is 2.79. The number of benzene rings is 2. The second kappa shape index (κ2) is 7.21. The van der Waals surface area contributed by atoms with E-state index in [-0.39, 0.29) is 17.6 Å². The third-order valence-electron chi connectivity index (χ3n) is 4.11. The molecule has 0 aliphatic carbocycles. The highest BCUT2D eigenvalue weighted by Crippen LogP contribution is 2.25. The largest absolute Gasteiger partial charge is 0.497 e. The lowest BCUT2D eigenvalue weighted by Gasteiger charge is -2.19. The second-order valence-electron chi connectivity index (χ2n) is 5.71. The lowest BCUT2D eigenvalue weighted by atomic mass is 9.94. The third kappa shape index (κ3) is 3.88. The molecule has 0 unspecified atom stereocenters. The summed E-state index contributed by atoms with van der Waals surface area (Å²) in [6, 6.07) is 11.6. The number of urea groups is 1. The zero-order chi connectivity index (χ0) is 17.8. The van der Waals surface area contributed by atoms with Gasteiger partial charge in [-0.3, -0.25) is 4.79 Å². The zero-order valence-corrected chi connectivity index (χ0v) is 13.6. The predicted octanol–water partition coefficient (Wildman–Crippen LogP) is 2.24. The normalized spacial score (nSPS) is 19.2. The maximum absolute atomic E-state index is 12.9. The monoisotopic (exact) mass is 343 g/mol. The number of hydrogen-bond donors (Lipinski definition) is 3. The summed E-state index contributed by atoms with van der Waals surface area (Å²) < 4.78 is 18.0. The van der Waals surface area contributed by atoms with E-state index in [1.54, 1.807) is 7.11 Å². The molecule has 1 heterocycles. The van der Waals surface area contributed by atoms with Crippen LogP contribution in [0.5, 0.6) is 5.75 Å². The van der Waals surface area contributed by atoms with E-state index in [0.717, 1.165) is 11.3 Å². The van der Waals surface area contributed by atoms with Crippen molar-refractivity contribution in [2.75, 3.05) is 19.0 Å². The first kappa shape index (κ1) is 16.8. The van der Waals surface area contributed by atoms with Crippen LogP contribution in [0.3, 0.4) is 0 Å². The number of halogens is 1. The molecule has 0 spiro atoms. The van der Waals surface area contributed by atoms with Crippen molar-refractivity contribution in [2.45, 2.75) is 12.0 Å². The van der Waals surface area contributed by atoms with Gasteiger partial charge in [0.05, 0.1) is 7.11 Å². The maximum atomic E-state index is 12.9. The molecule has 0 radical (unpaired) electrons. The number of ether oxygens (including phenoxy) is 1. The van der Waals surface area contributed by atoms with Crippen molar-refractivity contribution >= 4 is 17.6 Å². The van der Waals surface area contributed by atoms with E-state index in [4.69, 9.17) is 4.74 Å². The summed E-state index contributed by atoms with van der Waals surface area (Å²) in [5.41, 5.74) is 1.37. The van der Waals surface area contributed by atoms with Crippen LogP contribution in [0, 0.1) is 5.82 Å². The SMILES string of the molecule is COc1ccc([C@@H]2CNC(=O)[C@H]2NC(=O)Nc2ccc(F)cc2)cc1. The Labute approximate surface area is 144 Å². The Morgan fingerprint density at radius 2 is 1.84 bits per heavy atom. The molecule has 1 aliphatic rings. The van der Waals surface area contributed by atoms with Gasteiger partial charge in [0, 0.05) is 18.2 Å². The molecule has 6 nitrogen and oxygen atoms in total. The molecule has 3 rings (SSSR count). The highest BCUT2D eigenvalue weighted by atomic mass is 19.1. The molecule has 25 heavy (non-hydrogen) atoms. The average Bonchev–Trinajstić information content (AvgIpc) is 2.98. The number of methoxy groups -OCH3 is 1. The molecular formula is C18H18FN3O3. The molecule has 2 aromatic rings. The molecule has 1 saturated heterocycles. The highest BCUT2D eigenvalue weighted by molar-refractivity contribution is 5.95. The lowest BCUT2D eigenvalue weighted by molar-refractivity contribution is -0.120. The van der Waals surface area contributed by atoms with Crippen LogP contribution < -0.4 is 20.7 Å². The van der Waals surface area contributed by atoms with Gasteiger partial charge in [-0.25, -0.2) is 9.18 Å². The average molecular weight is 343 g/mol.